The summed E-state index contributed by atoms with van der Waals surface area (Å²) in [6, 6.07) is 12.3. The third-order valence-electron chi connectivity index (χ3n) is 22.4. The molecule has 2 saturated carbocycles. The Morgan fingerprint density at radius 1 is 0.621 bits per heavy atom. The second kappa shape index (κ2) is 36.5. The number of anilines is 2. The molecule has 0 radical (unpaired) electrons. The van der Waals surface area contributed by atoms with Crippen molar-refractivity contribution >= 4 is 80.9 Å². The van der Waals surface area contributed by atoms with Gasteiger partial charge in [0, 0.05) is 37.8 Å². The summed E-state index contributed by atoms with van der Waals surface area (Å²) in [6.45, 7) is 19.1. The van der Waals surface area contributed by atoms with E-state index in [2.05, 4.69) is 108 Å². The monoisotopic (exact) mass is 1450 g/mol. The van der Waals surface area contributed by atoms with Crippen molar-refractivity contribution in [3.63, 3.8) is 0 Å². The number of imide groups is 1. The van der Waals surface area contributed by atoms with E-state index >= 15 is 9.59 Å². The van der Waals surface area contributed by atoms with Crippen LogP contribution in [0.3, 0.4) is 0 Å². The molecule has 27 heteroatoms. The van der Waals surface area contributed by atoms with E-state index in [9.17, 15) is 51.9 Å². The normalized spacial score (nSPS) is 22.6. The van der Waals surface area contributed by atoms with Crippen molar-refractivity contribution in [2.45, 2.75) is 233 Å². The molecule has 11 amide bonds. The topological polar surface area (TPSA) is 398 Å². The summed E-state index contributed by atoms with van der Waals surface area (Å²) in [5.74, 6) is -4.09. The largest absolute Gasteiger partial charge is 0.494 e. The number of benzene rings is 3. The summed E-state index contributed by atoms with van der Waals surface area (Å²) in [4.78, 5) is 134. The Kier molecular flexibility index (Phi) is 29.1. The van der Waals surface area contributed by atoms with Gasteiger partial charge in [-0.15, -0.1) is 0 Å². The molecular formula is C76H112N10O16S. The van der Waals surface area contributed by atoms with Crippen molar-refractivity contribution in [1.29, 1.82) is 0 Å². The quantitative estimate of drug-likeness (QED) is 0.0150. The highest BCUT2D eigenvalue weighted by Crippen LogP contribution is 2.60. The number of carbonyl (C=O) groups is 10. The predicted octanol–water partition coefficient (Wildman–Crippen LogP) is 8.20. The number of unbranched alkanes of at least 4 members (excludes halogenated alkanes) is 2. The minimum Gasteiger partial charge on any atom is -0.494 e. The van der Waals surface area contributed by atoms with Crippen molar-refractivity contribution in [2.75, 3.05) is 42.7 Å². The number of hydrogen-bond donors (Lipinski definition) is 12. The van der Waals surface area contributed by atoms with E-state index in [1.54, 1.807) is 32.0 Å². The zero-order valence-corrected chi connectivity index (χ0v) is 62.6. The maximum absolute atomic E-state index is 15.0. The van der Waals surface area contributed by atoms with Crippen molar-refractivity contribution in [3.05, 3.63) is 88.5 Å². The molecule has 7 rings (SSSR count). The fourth-order valence-corrected chi connectivity index (χ4v) is 16.9. The molecule has 568 valence electrons. The average Bonchev–Trinajstić information content (AvgIpc) is 0.725. The molecule has 0 spiro atoms. The van der Waals surface area contributed by atoms with Crippen LogP contribution >= 0.6 is 0 Å². The lowest BCUT2D eigenvalue weighted by molar-refractivity contribution is -0.150. The van der Waals surface area contributed by atoms with Gasteiger partial charge in [-0.05, 0) is 182 Å². The highest BCUT2D eigenvalue weighted by molar-refractivity contribution is 7.85. The van der Waals surface area contributed by atoms with Gasteiger partial charge in [0.1, 0.15) is 36.5 Å². The smallest absolute Gasteiger partial charge is 0.408 e. The van der Waals surface area contributed by atoms with Crippen LogP contribution in [-0.2, 0) is 83.5 Å². The number of urea groups is 1. The predicted molar refractivity (Wildman–Crippen MR) is 391 cm³/mol. The van der Waals surface area contributed by atoms with Gasteiger partial charge in [0.25, 0.3) is 10.1 Å². The summed E-state index contributed by atoms with van der Waals surface area (Å²) in [5, 5.41) is 33.9. The molecule has 0 heterocycles. The first-order chi connectivity index (χ1) is 48.6. The van der Waals surface area contributed by atoms with Gasteiger partial charge < -0.3 is 62.8 Å². The third-order valence-corrected chi connectivity index (χ3v) is 23.1. The second-order valence-corrected chi connectivity index (χ2v) is 32.0. The maximum Gasteiger partial charge on any atom is 0.408 e. The number of aliphatic hydroxyl groups excluding tert-OH is 1. The van der Waals surface area contributed by atoms with E-state index in [4.69, 9.17) is 19.8 Å². The van der Waals surface area contributed by atoms with Crippen LogP contribution in [0.4, 0.5) is 21.0 Å². The van der Waals surface area contributed by atoms with Crippen LogP contribution in [0.15, 0.2) is 60.7 Å². The number of fused-ring (bicyclic) bond motifs is 6. The highest BCUT2D eigenvalue weighted by atomic mass is 32.2. The van der Waals surface area contributed by atoms with Crippen LogP contribution in [0, 0.1) is 40.4 Å². The lowest BCUT2D eigenvalue weighted by Crippen LogP contribution is -2.60. The lowest BCUT2D eigenvalue weighted by Gasteiger charge is -2.56. The first kappa shape index (κ1) is 82.1. The van der Waals surface area contributed by atoms with Gasteiger partial charge in [0.2, 0.25) is 47.3 Å². The molecule has 3 aromatic carbocycles. The second-order valence-electron chi connectivity index (χ2n) is 30.5. The van der Waals surface area contributed by atoms with Gasteiger partial charge in [0.05, 0.1) is 29.8 Å². The average molecular weight is 1450 g/mol. The summed E-state index contributed by atoms with van der Waals surface area (Å²) in [6.07, 6.45) is 12.2. The van der Waals surface area contributed by atoms with Gasteiger partial charge in [-0.1, -0.05) is 125 Å². The number of aliphatic hydroxyl groups is 1. The molecule has 11 atom stereocenters. The first-order valence-electron chi connectivity index (χ1n) is 36.8. The molecule has 13 N–H and O–H groups in total. The fourth-order valence-electron chi connectivity index (χ4n) is 16.5. The highest BCUT2D eigenvalue weighted by Gasteiger charge is 2.59. The summed E-state index contributed by atoms with van der Waals surface area (Å²) < 4.78 is 43.0. The van der Waals surface area contributed by atoms with Crippen LogP contribution in [0.1, 0.15) is 206 Å². The van der Waals surface area contributed by atoms with Crippen LogP contribution in [-0.4, -0.2) is 134 Å². The Balaban J connectivity index is 0.926. The van der Waals surface area contributed by atoms with Crippen molar-refractivity contribution in [1.82, 2.24) is 37.2 Å². The van der Waals surface area contributed by atoms with Gasteiger partial charge in [-0.3, -0.25) is 48.2 Å². The number of carbonyl (C=O) groups excluding carboxylic acids is 10. The van der Waals surface area contributed by atoms with Crippen LogP contribution < -0.4 is 58.3 Å². The Labute approximate surface area is 606 Å². The van der Waals surface area contributed by atoms with E-state index in [0.29, 0.717) is 49.0 Å². The standard InChI is InChI=1S/C76H112N10O16S/c1-11-12-13-17-50(46(2)3)33-40-101-55-28-22-52-24-31-62-74(8,57(52)43-55)35-16-37-76(62,10)70(95)86-69(94)75(9)36-15-34-73(7)56-42-54(27-21-51(56)23-30-61(73)75)82-67(92)60(44-87)84-72(97)102-45-49-19-25-53(26-20-49)81-65(90)58(18-14-38-79-71(77)96)83-68(93)64(47(4)5)85-66(91)59(80-48(6)88)29-32-63(89)78-39-41-103(98,99)100/h19-22,25-28,42-43,46-47,50,58-62,64,87H,11-18,23-24,29-41,44-45H2,1-10H3,(H,78,89)(H,80,88)(H,81,90)(H,82,92)(H,83,93)(H,84,97)(H,85,91)(H3,77,79,96)(H,86,94,95)(H,98,99,100)/t50?,58-,59+,60-,61+,62+,64-,73+,74+,75-,76-/m0/s1. The zero-order chi connectivity index (χ0) is 75.6. The maximum atomic E-state index is 15.0. The Morgan fingerprint density at radius 2 is 1.20 bits per heavy atom. The Hall–Kier alpha value is -8.17. The molecule has 2 fully saturated rings. The van der Waals surface area contributed by atoms with E-state index in [-0.39, 0.29) is 73.6 Å². The summed E-state index contributed by atoms with van der Waals surface area (Å²) in [7, 11) is -4.35. The molecule has 0 saturated heterocycles. The fraction of sp³-hybridized carbons (Fsp3) is 0.632. The van der Waals surface area contributed by atoms with Gasteiger partial charge in [-0.2, -0.15) is 8.42 Å². The van der Waals surface area contributed by atoms with Crippen LogP contribution in [0.5, 0.6) is 5.75 Å². The Morgan fingerprint density at radius 3 is 1.78 bits per heavy atom. The molecule has 0 aliphatic heterocycles. The zero-order valence-electron chi connectivity index (χ0n) is 61.7. The Bertz CT molecular complexity index is 3650. The number of alkyl carbamates (subject to hydrolysis) is 1. The number of hydrogen-bond acceptors (Lipinski definition) is 15. The van der Waals surface area contributed by atoms with Gasteiger partial charge in [-0.25, -0.2) is 9.59 Å². The lowest BCUT2D eigenvalue weighted by atomic mass is 9.49. The number of nitrogens with one attached hydrogen (secondary N) is 9. The van der Waals surface area contributed by atoms with Crippen LogP contribution in [0.25, 0.3) is 0 Å². The molecule has 103 heavy (non-hydrogen) atoms. The molecule has 4 aliphatic rings. The molecule has 0 bridgehead atoms. The van der Waals surface area contributed by atoms with Crippen molar-refractivity contribution < 1.29 is 75.5 Å². The van der Waals surface area contributed by atoms with Crippen molar-refractivity contribution in [3.8, 4) is 5.75 Å². The van der Waals surface area contributed by atoms with E-state index in [1.807, 2.05) is 19.1 Å². The van der Waals surface area contributed by atoms with Gasteiger partial charge in [0.15, 0.2) is 0 Å². The molecule has 4 aliphatic carbocycles. The van der Waals surface area contributed by atoms with E-state index in [0.717, 1.165) is 75.2 Å². The molecule has 26 nitrogen and oxygen atoms in total. The number of primary amides is 1. The summed E-state index contributed by atoms with van der Waals surface area (Å²) in [5.41, 5.74) is 8.60. The first-order valence-corrected chi connectivity index (χ1v) is 38.4. The number of rotatable bonds is 35. The summed E-state index contributed by atoms with van der Waals surface area (Å²) >= 11 is 0. The van der Waals surface area contributed by atoms with E-state index < -0.39 is 123 Å². The molecule has 3 aromatic rings. The van der Waals surface area contributed by atoms with Crippen molar-refractivity contribution in [2.24, 2.45) is 46.2 Å². The number of ether oxygens (including phenoxy) is 2. The minimum atomic E-state index is -4.35. The number of amides is 11. The van der Waals surface area contributed by atoms with Crippen LogP contribution in [0.2, 0.25) is 0 Å². The number of aryl methyl sites for hydroxylation is 2. The molecular weight excluding hydrogens is 1340 g/mol. The number of nitrogens with two attached hydrogens (primary N) is 1. The third kappa shape index (κ3) is 21.7. The van der Waals surface area contributed by atoms with Gasteiger partial charge >= 0.3 is 12.1 Å². The SMILES string of the molecule is CCCCCC(CCOc1ccc2c(c1)[C@@]1(C)CCC[C@](C)(C(=O)NC(=O)[C@@]3(C)CCC[C@]4(C)c5cc(NC(=O)[C@H](CO)NC(=O)OCc6ccc(NC(=O)[C@H](CCCNC(N)=O)NC(=O)[C@@H](NC(=O)[C@@H](CCC(=O)NCCS(=O)(=O)O)NC(C)=O)C(C)C)cc6)ccc5CC[C@@H]34)[C@@H]1CC2)C(C)C. The molecule has 0 aromatic heterocycles. The van der Waals surface area contributed by atoms with E-state index in [1.165, 1.54) is 48.9 Å². The minimum absolute atomic E-state index is 0.0150. The molecule has 1 unspecified atom stereocenters.